The first kappa shape index (κ1) is 11.6. The second-order valence-electron chi connectivity index (χ2n) is 4.32. The van der Waals surface area contributed by atoms with E-state index >= 15 is 0 Å². The zero-order valence-corrected chi connectivity index (χ0v) is 9.93. The van der Waals surface area contributed by atoms with Gasteiger partial charge in [-0.15, -0.1) is 0 Å². The Morgan fingerprint density at radius 2 is 2.19 bits per heavy atom. The predicted molar refractivity (Wildman–Crippen MR) is 63.9 cm³/mol. The second kappa shape index (κ2) is 5.97. The van der Waals surface area contributed by atoms with Crippen molar-refractivity contribution in [3.8, 4) is 0 Å². The molecule has 0 atom stereocenters. The lowest BCUT2D eigenvalue weighted by Crippen LogP contribution is -2.34. The quantitative estimate of drug-likeness (QED) is 0.778. The van der Waals surface area contributed by atoms with Crippen LogP contribution in [0, 0.1) is 5.92 Å². The molecule has 0 aliphatic carbocycles. The topological polar surface area (TPSA) is 25.4 Å². The van der Waals surface area contributed by atoms with Gasteiger partial charge >= 0.3 is 0 Å². The maximum absolute atomic E-state index is 5.50. The van der Waals surface area contributed by atoms with Gasteiger partial charge in [0.1, 0.15) is 0 Å². The van der Waals surface area contributed by atoms with E-state index in [0.29, 0.717) is 0 Å². The Kier molecular flexibility index (Phi) is 4.31. The summed E-state index contributed by atoms with van der Waals surface area (Å²) in [4.78, 5) is 9.88. The van der Waals surface area contributed by atoms with E-state index in [-0.39, 0.29) is 0 Å². The number of aromatic nitrogens is 1. The smallest absolute Gasteiger partial charge is 0.0656 e. The summed E-state index contributed by atoms with van der Waals surface area (Å²) in [5, 5.41) is 2.09. The van der Waals surface area contributed by atoms with Crippen molar-refractivity contribution in [2.45, 2.75) is 26.2 Å². The third kappa shape index (κ3) is 3.29. The number of piperidine rings is 1. The maximum Gasteiger partial charge on any atom is 0.0656 e. The molecule has 1 aliphatic heterocycles. The minimum atomic E-state index is 0.770. The molecule has 1 aromatic heterocycles. The van der Waals surface area contributed by atoms with Crippen molar-refractivity contribution in [3.63, 3.8) is 0 Å². The van der Waals surface area contributed by atoms with E-state index in [2.05, 4.69) is 22.2 Å². The Balaban J connectivity index is 1.77. The second-order valence-corrected chi connectivity index (χ2v) is 4.32. The van der Waals surface area contributed by atoms with Gasteiger partial charge in [-0.1, -0.05) is 6.07 Å². The molecule has 2 rings (SSSR count). The van der Waals surface area contributed by atoms with Crippen molar-refractivity contribution < 1.29 is 4.84 Å². The fourth-order valence-electron chi connectivity index (χ4n) is 2.24. The Hall–Kier alpha value is -0.930. The number of rotatable bonds is 4. The molecule has 3 nitrogen and oxygen atoms in total. The van der Waals surface area contributed by atoms with Crippen LogP contribution >= 0.6 is 0 Å². The van der Waals surface area contributed by atoms with Gasteiger partial charge in [-0.2, -0.15) is 5.06 Å². The van der Waals surface area contributed by atoms with E-state index in [1.165, 1.54) is 18.5 Å². The highest BCUT2D eigenvalue weighted by Crippen LogP contribution is 2.20. The SMILES string of the molecule is CCON1CCC(Cc2ccccn2)CC1. The molecule has 0 unspecified atom stereocenters. The molecule has 0 bridgehead atoms. The van der Waals surface area contributed by atoms with Crippen molar-refractivity contribution in [2.24, 2.45) is 5.92 Å². The molecule has 0 saturated carbocycles. The normalized spacial score (nSPS) is 18.8. The highest BCUT2D eigenvalue weighted by atomic mass is 16.7. The van der Waals surface area contributed by atoms with Gasteiger partial charge in [0.25, 0.3) is 0 Å². The summed E-state index contributed by atoms with van der Waals surface area (Å²) < 4.78 is 0. The van der Waals surface area contributed by atoms with Gasteiger partial charge in [0.15, 0.2) is 0 Å². The average Bonchev–Trinajstić information content (AvgIpc) is 2.33. The fourth-order valence-corrected chi connectivity index (χ4v) is 2.24. The van der Waals surface area contributed by atoms with E-state index in [0.717, 1.165) is 32.0 Å². The van der Waals surface area contributed by atoms with Crippen LogP contribution in [0.2, 0.25) is 0 Å². The summed E-state index contributed by atoms with van der Waals surface area (Å²) in [5.41, 5.74) is 1.22. The summed E-state index contributed by atoms with van der Waals surface area (Å²) in [6.07, 6.45) is 5.43. The van der Waals surface area contributed by atoms with E-state index in [4.69, 9.17) is 4.84 Å². The third-order valence-electron chi connectivity index (χ3n) is 3.11. The largest absolute Gasteiger partial charge is 0.299 e. The van der Waals surface area contributed by atoms with Gasteiger partial charge in [-0.3, -0.25) is 9.82 Å². The van der Waals surface area contributed by atoms with Crippen LogP contribution in [-0.2, 0) is 11.3 Å². The van der Waals surface area contributed by atoms with Crippen LogP contribution < -0.4 is 0 Å². The van der Waals surface area contributed by atoms with Crippen LogP contribution in [0.3, 0.4) is 0 Å². The lowest BCUT2D eigenvalue weighted by Gasteiger charge is -2.30. The number of hydrogen-bond acceptors (Lipinski definition) is 3. The number of pyridine rings is 1. The lowest BCUT2D eigenvalue weighted by molar-refractivity contribution is -0.169. The number of hydrogen-bond donors (Lipinski definition) is 0. The summed E-state index contributed by atoms with van der Waals surface area (Å²) in [5.74, 6) is 0.770. The van der Waals surface area contributed by atoms with Crippen LogP contribution in [-0.4, -0.2) is 29.7 Å². The molecule has 0 spiro atoms. The highest BCUT2D eigenvalue weighted by molar-refractivity contribution is 5.04. The molecular weight excluding hydrogens is 200 g/mol. The van der Waals surface area contributed by atoms with Gasteiger partial charge in [-0.05, 0) is 44.2 Å². The molecule has 16 heavy (non-hydrogen) atoms. The summed E-state index contributed by atoms with van der Waals surface area (Å²) in [7, 11) is 0. The van der Waals surface area contributed by atoms with Crippen LogP contribution in [0.4, 0.5) is 0 Å². The summed E-state index contributed by atoms with van der Waals surface area (Å²) >= 11 is 0. The van der Waals surface area contributed by atoms with Crippen molar-refractivity contribution in [2.75, 3.05) is 19.7 Å². The van der Waals surface area contributed by atoms with Crippen molar-refractivity contribution >= 4 is 0 Å². The van der Waals surface area contributed by atoms with E-state index in [1.807, 2.05) is 19.2 Å². The van der Waals surface area contributed by atoms with Crippen LogP contribution in [0.1, 0.15) is 25.5 Å². The Labute approximate surface area is 97.4 Å². The van der Waals surface area contributed by atoms with E-state index < -0.39 is 0 Å². The molecule has 88 valence electrons. The molecule has 2 heterocycles. The Morgan fingerprint density at radius 1 is 1.38 bits per heavy atom. The number of hydroxylamine groups is 2. The molecular formula is C13H20N2O. The molecule has 1 aliphatic rings. The number of nitrogens with zero attached hydrogens (tertiary/aromatic N) is 2. The standard InChI is InChI=1S/C13H20N2O/c1-2-16-15-9-6-12(7-10-15)11-13-5-3-4-8-14-13/h3-5,8,12H,2,6-7,9-11H2,1H3. The molecule has 0 radical (unpaired) electrons. The van der Waals surface area contributed by atoms with Gasteiger partial charge in [0.2, 0.25) is 0 Å². The van der Waals surface area contributed by atoms with Gasteiger partial charge in [-0.25, -0.2) is 0 Å². The molecule has 0 aromatic carbocycles. The van der Waals surface area contributed by atoms with Crippen molar-refractivity contribution in [1.29, 1.82) is 0 Å². The minimum absolute atomic E-state index is 0.770. The first-order valence-electron chi connectivity index (χ1n) is 6.16. The zero-order valence-electron chi connectivity index (χ0n) is 9.93. The highest BCUT2D eigenvalue weighted by Gasteiger charge is 2.19. The van der Waals surface area contributed by atoms with Gasteiger partial charge in [0.05, 0.1) is 6.61 Å². The molecule has 1 fully saturated rings. The van der Waals surface area contributed by atoms with Gasteiger partial charge < -0.3 is 0 Å². The summed E-state index contributed by atoms with van der Waals surface area (Å²) in [6, 6.07) is 6.16. The predicted octanol–water partition coefficient (Wildman–Crippen LogP) is 2.29. The van der Waals surface area contributed by atoms with Crippen LogP contribution in [0.15, 0.2) is 24.4 Å². The maximum atomic E-state index is 5.50. The van der Waals surface area contributed by atoms with Crippen LogP contribution in [0.5, 0.6) is 0 Å². The van der Waals surface area contributed by atoms with Crippen molar-refractivity contribution in [1.82, 2.24) is 10.0 Å². The first-order chi connectivity index (χ1) is 7.88. The van der Waals surface area contributed by atoms with Crippen LogP contribution in [0.25, 0.3) is 0 Å². The summed E-state index contributed by atoms with van der Waals surface area (Å²) in [6.45, 7) is 4.95. The van der Waals surface area contributed by atoms with Crippen molar-refractivity contribution in [3.05, 3.63) is 30.1 Å². The zero-order chi connectivity index (χ0) is 11.2. The monoisotopic (exact) mass is 220 g/mol. The van der Waals surface area contributed by atoms with E-state index in [1.54, 1.807) is 0 Å². The van der Waals surface area contributed by atoms with E-state index in [9.17, 15) is 0 Å². The molecule has 1 saturated heterocycles. The minimum Gasteiger partial charge on any atom is -0.299 e. The fraction of sp³-hybridized carbons (Fsp3) is 0.615. The average molecular weight is 220 g/mol. The Bertz CT molecular complexity index is 294. The molecule has 1 aromatic rings. The molecule has 3 heteroatoms. The Morgan fingerprint density at radius 3 is 2.81 bits per heavy atom. The lowest BCUT2D eigenvalue weighted by atomic mass is 9.93. The van der Waals surface area contributed by atoms with Gasteiger partial charge in [0, 0.05) is 25.0 Å². The molecule has 0 N–H and O–H groups in total. The third-order valence-corrected chi connectivity index (χ3v) is 3.11. The first-order valence-corrected chi connectivity index (χ1v) is 6.16. The molecule has 0 amide bonds.